The molecule has 2 rings (SSSR count). The molecule has 0 saturated heterocycles. The summed E-state index contributed by atoms with van der Waals surface area (Å²) in [6.45, 7) is 1.70. The molecule has 0 fully saturated rings. The van der Waals surface area contributed by atoms with E-state index in [0.717, 1.165) is 9.13 Å². The van der Waals surface area contributed by atoms with E-state index in [9.17, 15) is 4.79 Å². The van der Waals surface area contributed by atoms with Crippen molar-refractivity contribution in [3.63, 3.8) is 0 Å². The third-order valence-corrected chi connectivity index (χ3v) is 3.75. The highest BCUT2D eigenvalue weighted by Crippen LogP contribution is 2.16. The number of amides is 1. The van der Waals surface area contributed by atoms with Crippen LogP contribution in [0.5, 0.6) is 0 Å². The number of carbonyl (C=O) groups is 1. The summed E-state index contributed by atoms with van der Waals surface area (Å²) in [5.74, 6) is -0.161. The number of carbonyl (C=O) groups excluding carboxylic acids is 1. The highest BCUT2D eigenvalue weighted by atomic mass is 127. The summed E-state index contributed by atoms with van der Waals surface area (Å²) in [6.07, 6.45) is 0. The van der Waals surface area contributed by atoms with Gasteiger partial charge in [-0.2, -0.15) is 0 Å². The van der Waals surface area contributed by atoms with Crippen LogP contribution in [0.25, 0.3) is 0 Å². The molecule has 0 aromatic heterocycles. The molecule has 0 radical (unpaired) electrons. The number of nitrogens with one attached hydrogen (secondary N) is 1. The van der Waals surface area contributed by atoms with Crippen molar-refractivity contribution in [1.82, 2.24) is 0 Å². The molecule has 0 aliphatic rings. The molecule has 2 aromatic rings. The molecule has 2 aromatic carbocycles. The quantitative estimate of drug-likeness (QED) is 0.369. The third-order valence-electron chi connectivity index (χ3n) is 2.81. The monoisotopic (exact) mass is 380 g/mol. The highest BCUT2D eigenvalue weighted by Gasteiger charge is 2.09. The second-order valence-corrected chi connectivity index (χ2v) is 5.36. The van der Waals surface area contributed by atoms with Crippen LogP contribution >= 0.6 is 22.6 Å². The number of rotatable bonds is 3. The maximum Gasteiger partial charge on any atom is 0.256 e. The molecule has 0 saturated carbocycles. The van der Waals surface area contributed by atoms with Crippen LogP contribution < -0.4 is 5.32 Å². The Hall–Kier alpha value is -1.89. The van der Waals surface area contributed by atoms with Gasteiger partial charge in [-0.15, -0.1) is 0 Å². The van der Waals surface area contributed by atoms with Gasteiger partial charge in [-0.1, -0.05) is 29.4 Å². The molecule has 0 bridgehead atoms. The Labute approximate surface area is 130 Å². The van der Waals surface area contributed by atoms with E-state index in [1.807, 2.05) is 24.3 Å². The number of anilines is 1. The molecule has 0 atom stereocenters. The van der Waals surface area contributed by atoms with E-state index in [4.69, 9.17) is 5.21 Å². The zero-order valence-electron chi connectivity index (χ0n) is 10.8. The first-order chi connectivity index (χ1) is 9.61. The molecule has 0 unspecified atom stereocenters. The first-order valence-corrected chi connectivity index (χ1v) is 7.04. The first-order valence-electron chi connectivity index (χ1n) is 5.97. The van der Waals surface area contributed by atoms with Crippen molar-refractivity contribution in [1.29, 1.82) is 0 Å². The molecule has 102 valence electrons. The molecule has 5 heteroatoms. The van der Waals surface area contributed by atoms with Crippen molar-refractivity contribution in [3.8, 4) is 0 Å². The second kappa shape index (κ2) is 6.51. The van der Waals surface area contributed by atoms with Crippen LogP contribution in [0.3, 0.4) is 0 Å². The molecule has 0 spiro atoms. The summed E-state index contributed by atoms with van der Waals surface area (Å²) in [5, 5.41) is 14.8. The van der Waals surface area contributed by atoms with Crippen molar-refractivity contribution < 1.29 is 10.0 Å². The van der Waals surface area contributed by atoms with E-state index < -0.39 is 0 Å². The van der Waals surface area contributed by atoms with Crippen LogP contribution in [-0.4, -0.2) is 16.8 Å². The van der Waals surface area contributed by atoms with Crippen molar-refractivity contribution >= 4 is 39.9 Å². The van der Waals surface area contributed by atoms with Gasteiger partial charge >= 0.3 is 0 Å². The molecule has 0 heterocycles. The fourth-order valence-electron chi connectivity index (χ4n) is 1.72. The number of nitrogens with zero attached hydrogens (tertiary/aromatic N) is 1. The van der Waals surface area contributed by atoms with Gasteiger partial charge in [-0.25, -0.2) is 0 Å². The van der Waals surface area contributed by atoms with Crippen LogP contribution in [-0.2, 0) is 0 Å². The van der Waals surface area contributed by atoms with Gasteiger partial charge in [-0.3, -0.25) is 4.79 Å². The fraction of sp³-hybridized carbons (Fsp3) is 0.0667. The summed E-state index contributed by atoms with van der Waals surface area (Å²) >= 11 is 2.13. The Morgan fingerprint density at radius 1 is 1.20 bits per heavy atom. The van der Waals surface area contributed by atoms with Gasteiger partial charge in [0.1, 0.15) is 0 Å². The Morgan fingerprint density at radius 3 is 2.65 bits per heavy atom. The largest absolute Gasteiger partial charge is 0.411 e. The van der Waals surface area contributed by atoms with Crippen LogP contribution in [0.2, 0.25) is 0 Å². The summed E-state index contributed by atoms with van der Waals surface area (Å²) in [4.78, 5) is 12.2. The zero-order valence-corrected chi connectivity index (χ0v) is 13.0. The average Bonchev–Trinajstić information content (AvgIpc) is 2.47. The smallest absolute Gasteiger partial charge is 0.256 e. The van der Waals surface area contributed by atoms with Crippen molar-refractivity contribution in [2.24, 2.45) is 5.16 Å². The lowest BCUT2D eigenvalue weighted by Gasteiger charge is -2.08. The normalized spacial score (nSPS) is 11.2. The number of hydrogen-bond donors (Lipinski definition) is 2. The summed E-state index contributed by atoms with van der Waals surface area (Å²) in [5.41, 5.74) is 2.55. The Balaban J connectivity index is 2.23. The molecule has 20 heavy (non-hydrogen) atoms. The van der Waals surface area contributed by atoms with E-state index in [1.165, 1.54) is 0 Å². The molecule has 0 aliphatic carbocycles. The molecule has 1 amide bonds. The van der Waals surface area contributed by atoms with E-state index in [-0.39, 0.29) is 5.91 Å². The topological polar surface area (TPSA) is 61.7 Å². The predicted octanol–water partition coefficient (Wildman–Crippen LogP) is 3.74. The molecule has 0 aliphatic heterocycles. The van der Waals surface area contributed by atoms with Gasteiger partial charge in [0.05, 0.1) is 11.3 Å². The lowest BCUT2D eigenvalue weighted by molar-refractivity contribution is 0.102. The second-order valence-electron chi connectivity index (χ2n) is 4.20. The van der Waals surface area contributed by atoms with E-state index in [2.05, 4.69) is 33.1 Å². The van der Waals surface area contributed by atoms with Crippen LogP contribution in [0.1, 0.15) is 22.8 Å². The summed E-state index contributed by atoms with van der Waals surface area (Å²) in [7, 11) is 0. The maximum absolute atomic E-state index is 12.2. The first kappa shape index (κ1) is 14.5. The number of oxime groups is 1. The van der Waals surface area contributed by atoms with Gasteiger partial charge in [0.2, 0.25) is 0 Å². The number of benzene rings is 2. The fourth-order valence-corrected chi connectivity index (χ4v) is 2.36. The molecule has 4 nitrogen and oxygen atoms in total. The Bertz CT molecular complexity index is 668. The van der Waals surface area contributed by atoms with Crippen LogP contribution in [0, 0.1) is 3.57 Å². The van der Waals surface area contributed by atoms with Gasteiger partial charge in [0.25, 0.3) is 5.91 Å². The standard InChI is InChI=1S/C15H13IN2O2/c1-10(18-20)11-5-4-6-12(9-11)17-15(19)13-7-2-3-8-14(13)16/h2-9,20H,1H3,(H,17,19)/b18-10+. The summed E-state index contributed by atoms with van der Waals surface area (Å²) in [6, 6.07) is 14.6. The Kier molecular flexibility index (Phi) is 4.73. The highest BCUT2D eigenvalue weighted by molar-refractivity contribution is 14.1. The van der Waals surface area contributed by atoms with E-state index in [1.54, 1.807) is 31.2 Å². The SMILES string of the molecule is C/C(=N\O)c1cccc(NC(=O)c2ccccc2I)c1. The van der Waals surface area contributed by atoms with Gasteiger partial charge in [0, 0.05) is 14.8 Å². The third kappa shape index (κ3) is 3.36. The van der Waals surface area contributed by atoms with Crippen molar-refractivity contribution in [2.75, 3.05) is 5.32 Å². The maximum atomic E-state index is 12.2. The summed E-state index contributed by atoms with van der Waals surface area (Å²) < 4.78 is 0.895. The minimum Gasteiger partial charge on any atom is -0.411 e. The van der Waals surface area contributed by atoms with Crippen LogP contribution in [0.15, 0.2) is 53.7 Å². The Morgan fingerprint density at radius 2 is 1.95 bits per heavy atom. The zero-order chi connectivity index (χ0) is 14.5. The van der Waals surface area contributed by atoms with E-state index in [0.29, 0.717) is 17.0 Å². The minimum atomic E-state index is -0.161. The molecular formula is C15H13IN2O2. The van der Waals surface area contributed by atoms with Crippen molar-refractivity contribution in [2.45, 2.75) is 6.92 Å². The van der Waals surface area contributed by atoms with Gasteiger partial charge < -0.3 is 10.5 Å². The van der Waals surface area contributed by atoms with Gasteiger partial charge in [-0.05, 0) is 53.8 Å². The lowest BCUT2D eigenvalue weighted by atomic mass is 10.1. The minimum absolute atomic E-state index is 0.161. The molecule has 2 N–H and O–H groups in total. The molecular weight excluding hydrogens is 367 g/mol. The average molecular weight is 380 g/mol. The van der Waals surface area contributed by atoms with E-state index >= 15 is 0 Å². The lowest BCUT2D eigenvalue weighted by Crippen LogP contribution is -2.13. The van der Waals surface area contributed by atoms with Crippen molar-refractivity contribution in [3.05, 3.63) is 63.2 Å². The number of halogens is 1. The predicted molar refractivity (Wildman–Crippen MR) is 87.6 cm³/mol. The van der Waals surface area contributed by atoms with Crippen LogP contribution in [0.4, 0.5) is 5.69 Å². The van der Waals surface area contributed by atoms with Gasteiger partial charge in [0.15, 0.2) is 0 Å². The number of hydrogen-bond acceptors (Lipinski definition) is 3.